The summed E-state index contributed by atoms with van der Waals surface area (Å²) in [5.41, 5.74) is 4.86. The number of nitrogen functional groups attached to an aromatic ring is 1. The van der Waals surface area contributed by atoms with Crippen LogP contribution in [0.1, 0.15) is 75.8 Å². The fraction of sp³-hybridized carbons (Fsp3) is 0.375. The smallest absolute Gasteiger partial charge is 0.280 e. The van der Waals surface area contributed by atoms with Crippen molar-refractivity contribution in [3.63, 3.8) is 0 Å². The van der Waals surface area contributed by atoms with Gasteiger partial charge in [0.25, 0.3) is 5.56 Å². The molecule has 7 rings (SSSR count). The van der Waals surface area contributed by atoms with Gasteiger partial charge < -0.3 is 45.8 Å². The van der Waals surface area contributed by atoms with E-state index in [1.807, 2.05) is 0 Å². The summed E-state index contributed by atoms with van der Waals surface area (Å²) >= 11 is 0. The van der Waals surface area contributed by atoms with Crippen LogP contribution in [-0.2, 0) is 20.7 Å². The predicted octanol–water partition coefficient (Wildman–Crippen LogP) is 0.329. The third kappa shape index (κ3) is 4.92. The lowest BCUT2D eigenvalue weighted by Gasteiger charge is -2.43. The second-order valence-electron chi connectivity index (χ2n) is 12.4. The normalized spacial score (nSPS) is 26.2. The lowest BCUT2D eigenvalue weighted by atomic mass is 9.72. The minimum atomic E-state index is -2.09. The number of rotatable bonds is 6. The predicted molar refractivity (Wildman–Crippen MR) is 168 cm³/mol. The highest BCUT2D eigenvalue weighted by molar-refractivity contribution is 6.31. The SMILES string of the molecule is COc1cccc2c1C(=O)c1c(O)c3c(c(O)c1C2=O)C[C@@](O)(C(C)=O)C[C@@H]3OC1CC(Nn2cnc3c(=O)[nH]c(N)nc32)C(O)C(C)O1. The van der Waals surface area contributed by atoms with Crippen LogP contribution in [0.4, 0.5) is 5.95 Å². The van der Waals surface area contributed by atoms with Gasteiger partial charge in [-0.2, -0.15) is 4.98 Å². The van der Waals surface area contributed by atoms with E-state index in [1.54, 1.807) is 6.92 Å². The molecule has 2 aromatic carbocycles. The van der Waals surface area contributed by atoms with Crippen molar-refractivity contribution in [2.24, 2.45) is 0 Å². The number of nitrogens with two attached hydrogens (primary N) is 1. The zero-order valence-corrected chi connectivity index (χ0v) is 26.4. The monoisotopic (exact) mass is 676 g/mol. The second kappa shape index (κ2) is 11.4. The van der Waals surface area contributed by atoms with Crippen LogP contribution in [0.25, 0.3) is 11.2 Å². The molecule has 0 saturated carbocycles. The summed E-state index contributed by atoms with van der Waals surface area (Å²) in [6.07, 6.45) is -4.14. The number of aliphatic hydroxyl groups excluding tert-OH is 1. The van der Waals surface area contributed by atoms with E-state index in [9.17, 15) is 39.6 Å². The molecule has 0 bridgehead atoms. The van der Waals surface area contributed by atoms with Gasteiger partial charge in [-0.3, -0.25) is 24.2 Å². The maximum Gasteiger partial charge on any atom is 0.280 e. The van der Waals surface area contributed by atoms with Crippen LogP contribution in [0.5, 0.6) is 17.2 Å². The number of nitrogens with zero attached hydrogens (tertiary/aromatic N) is 3. The first-order chi connectivity index (χ1) is 23.2. The summed E-state index contributed by atoms with van der Waals surface area (Å²) in [5.74, 6) is -3.60. The van der Waals surface area contributed by atoms with Crippen molar-refractivity contribution in [2.75, 3.05) is 18.3 Å². The fourth-order valence-electron chi connectivity index (χ4n) is 6.95. The number of fused-ring (bicyclic) bond motifs is 4. The molecule has 0 radical (unpaired) electrons. The highest BCUT2D eigenvalue weighted by Crippen LogP contribution is 2.52. The topological polar surface area (TPSA) is 261 Å². The van der Waals surface area contributed by atoms with Crippen molar-refractivity contribution < 1.29 is 49.0 Å². The van der Waals surface area contributed by atoms with Crippen LogP contribution in [0.3, 0.4) is 0 Å². The molecule has 3 heterocycles. The number of phenols is 2. The summed E-state index contributed by atoms with van der Waals surface area (Å²) < 4.78 is 18.9. The summed E-state index contributed by atoms with van der Waals surface area (Å²) in [6.45, 7) is 2.74. The maximum absolute atomic E-state index is 13.9. The number of hydrogen-bond donors (Lipinski definition) is 7. The van der Waals surface area contributed by atoms with E-state index in [0.29, 0.717) is 0 Å². The van der Waals surface area contributed by atoms with E-state index >= 15 is 0 Å². The number of aliphatic hydroxyl groups is 2. The summed E-state index contributed by atoms with van der Waals surface area (Å²) in [4.78, 5) is 63.1. The van der Waals surface area contributed by atoms with Gasteiger partial charge in [-0.15, -0.1) is 0 Å². The third-order valence-electron chi connectivity index (χ3n) is 9.48. The Kier molecular flexibility index (Phi) is 7.47. The van der Waals surface area contributed by atoms with Crippen molar-refractivity contribution in [1.29, 1.82) is 0 Å². The molecule has 2 aromatic heterocycles. The van der Waals surface area contributed by atoms with Crippen molar-refractivity contribution in [2.45, 2.75) is 69.4 Å². The highest BCUT2D eigenvalue weighted by Gasteiger charge is 2.49. The molecule has 17 heteroatoms. The molecule has 1 saturated heterocycles. The van der Waals surface area contributed by atoms with Gasteiger partial charge >= 0.3 is 0 Å². The molecule has 8 N–H and O–H groups in total. The van der Waals surface area contributed by atoms with E-state index in [4.69, 9.17) is 19.9 Å². The molecule has 6 atom stereocenters. The van der Waals surface area contributed by atoms with Gasteiger partial charge in [-0.25, -0.2) is 9.66 Å². The van der Waals surface area contributed by atoms with Crippen LogP contribution in [-0.4, -0.2) is 94.7 Å². The Balaban J connectivity index is 1.28. The average Bonchev–Trinajstić information content (AvgIpc) is 3.45. The quantitative estimate of drug-likeness (QED) is 0.120. The van der Waals surface area contributed by atoms with Gasteiger partial charge in [0, 0.05) is 36.0 Å². The van der Waals surface area contributed by atoms with Crippen LogP contribution in [0, 0.1) is 0 Å². The Bertz CT molecular complexity index is 2140. The van der Waals surface area contributed by atoms with Gasteiger partial charge in [0.1, 0.15) is 35.3 Å². The number of benzene rings is 2. The maximum atomic E-state index is 13.9. The number of aromatic nitrogens is 4. The van der Waals surface area contributed by atoms with Gasteiger partial charge in [-0.05, 0) is 19.9 Å². The minimum Gasteiger partial charge on any atom is -0.507 e. The molecule has 4 aromatic rings. The first-order valence-electron chi connectivity index (χ1n) is 15.3. The molecule has 256 valence electrons. The molecule has 1 aliphatic heterocycles. The molecule has 0 amide bonds. The fourth-order valence-corrected chi connectivity index (χ4v) is 6.95. The molecule has 17 nitrogen and oxygen atoms in total. The van der Waals surface area contributed by atoms with Crippen molar-refractivity contribution in [1.82, 2.24) is 19.6 Å². The number of Topliss-reactive ketones (excluding diaryl/α,β-unsaturated/α-hetero) is 1. The summed E-state index contributed by atoms with van der Waals surface area (Å²) in [7, 11) is 1.32. The van der Waals surface area contributed by atoms with Crippen LogP contribution < -0.4 is 21.5 Å². The molecular weight excluding hydrogens is 644 g/mol. The Morgan fingerprint density at radius 3 is 2.61 bits per heavy atom. The lowest BCUT2D eigenvalue weighted by Crippen LogP contribution is -2.53. The number of H-pyrrole nitrogens is 1. The third-order valence-corrected chi connectivity index (χ3v) is 9.48. The average molecular weight is 677 g/mol. The molecule has 49 heavy (non-hydrogen) atoms. The van der Waals surface area contributed by atoms with Crippen LogP contribution >= 0.6 is 0 Å². The zero-order valence-electron chi connectivity index (χ0n) is 26.4. The second-order valence-corrected chi connectivity index (χ2v) is 12.4. The number of nitrogens with one attached hydrogen (secondary N) is 2. The number of ketones is 3. The standard InChI is InChI=1S/C32H32N6O11/c1-11-24(40)15(37-38-10-34-23-29(38)35-31(33)36-30(23)45)7-18(48-11)49-17-9-32(46,12(2)39)8-14-20(17)28(44)22-21(26(14)42)25(41)13-5-4-6-16(47-3)19(13)27(22)43/h4-6,10-11,15,17-18,24,37,40,42,44,46H,7-9H2,1-3H3,(H3,33,35,36,45)/t11?,15?,17-,18?,24?,32-/m0/s1. The zero-order chi connectivity index (χ0) is 35.1. The van der Waals surface area contributed by atoms with E-state index in [0.717, 1.165) is 6.92 Å². The number of carbonyl (C=O) groups excluding carboxylic acids is 3. The largest absolute Gasteiger partial charge is 0.507 e. The number of anilines is 1. The number of imidazole rings is 1. The number of aromatic hydroxyl groups is 2. The molecule has 1 fully saturated rings. The number of phenolic OH excluding ortho intramolecular Hbond substituents is 2. The Labute approximate surface area is 276 Å². The Morgan fingerprint density at radius 1 is 1.16 bits per heavy atom. The number of aromatic amines is 1. The molecule has 0 spiro atoms. The Morgan fingerprint density at radius 2 is 1.90 bits per heavy atom. The minimum absolute atomic E-state index is 0.00156. The van der Waals surface area contributed by atoms with Gasteiger partial charge in [0.15, 0.2) is 29.0 Å². The highest BCUT2D eigenvalue weighted by atomic mass is 16.7. The van der Waals surface area contributed by atoms with Gasteiger partial charge in [-0.1, -0.05) is 12.1 Å². The van der Waals surface area contributed by atoms with E-state index in [1.165, 1.54) is 36.3 Å². The summed E-state index contributed by atoms with van der Waals surface area (Å²) in [6, 6.07) is 3.58. The number of methoxy groups -OCH3 is 1. The first-order valence-corrected chi connectivity index (χ1v) is 15.3. The summed E-state index contributed by atoms with van der Waals surface area (Å²) in [5, 5.41) is 45.8. The van der Waals surface area contributed by atoms with Crippen molar-refractivity contribution >= 4 is 34.5 Å². The van der Waals surface area contributed by atoms with Gasteiger partial charge in [0.2, 0.25) is 11.7 Å². The molecule has 3 aliphatic rings. The lowest BCUT2D eigenvalue weighted by molar-refractivity contribution is -0.246. The van der Waals surface area contributed by atoms with Crippen molar-refractivity contribution in [3.05, 3.63) is 68.3 Å². The molecule has 2 aliphatic carbocycles. The Hall–Kier alpha value is -5.36. The van der Waals surface area contributed by atoms with Crippen LogP contribution in [0.15, 0.2) is 29.3 Å². The van der Waals surface area contributed by atoms with Crippen molar-refractivity contribution in [3.8, 4) is 17.2 Å². The number of carbonyl (C=O) groups is 3. The molecule has 4 unspecified atom stereocenters. The van der Waals surface area contributed by atoms with Gasteiger partial charge in [0.05, 0.1) is 42.0 Å². The number of ether oxygens (including phenoxy) is 3. The molecular formula is C32H32N6O11. The van der Waals surface area contributed by atoms with E-state index < -0.39 is 94.6 Å². The van der Waals surface area contributed by atoms with E-state index in [-0.39, 0.29) is 51.5 Å². The van der Waals surface area contributed by atoms with Crippen LogP contribution in [0.2, 0.25) is 0 Å². The van der Waals surface area contributed by atoms with E-state index in [2.05, 4.69) is 20.4 Å². The number of hydrogen-bond acceptors (Lipinski definition) is 15. The first kappa shape index (κ1) is 32.2.